The van der Waals surface area contributed by atoms with Crippen LogP contribution in [0.4, 0.5) is 4.39 Å². The number of sulfonamides is 1. The molecule has 0 spiro atoms. The minimum atomic E-state index is -3.64. The van der Waals surface area contributed by atoms with E-state index in [9.17, 15) is 12.8 Å². The van der Waals surface area contributed by atoms with E-state index in [1.54, 1.807) is 6.92 Å². The number of rotatable bonds is 8. The van der Waals surface area contributed by atoms with E-state index in [0.717, 1.165) is 18.9 Å². The summed E-state index contributed by atoms with van der Waals surface area (Å²) < 4.78 is 45.2. The fourth-order valence-electron chi connectivity index (χ4n) is 1.91. The van der Waals surface area contributed by atoms with Gasteiger partial charge < -0.3 is 4.74 Å². The molecule has 1 rings (SSSR count). The highest BCUT2D eigenvalue weighted by atomic mass is 32.2. The van der Waals surface area contributed by atoms with Crippen molar-refractivity contribution in [3.8, 4) is 5.75 Å². The van der Waals surface area contributed by atoms with Crippen molar-refractivity contribution >= 4 is 10.0 Å². The molecule has 0 aromatic heterocycles. The van der Waals surface area contributed by atoms with E-state index in [1.807, 2.05) is 13.8 Å². The zero-order chi connectivity index (χ0) is 15.2. The molecule has 0 bridgehead atoms. The van der Waals surface area contributed by atoms with Gasteiger partial charge in [-0.15, -0.1) is 0 Å². The molecule has 1 aromatic rings. The molecule has 0 saturated carbocycles. The molecule has 0 fully saturated rings. The second kappa shape index (κ2) is 7.59. The van der Waals surface area contributed by atoms with Crippen molar-refractivity contribution in [3.05, 3.63) is 24.0 Å². The third-order valence-electron chi connectivity index (χ3n) is 2.79. The molecule has 0 heterocycles. The molecular weight excluding hydrogens is 281 g/mol. The van der Waals surface area contributed by atoms with Crippen LogP contribution in [-0.4, -0.2) is 32.4 Å². The lowest BCUT2D eigenvalue weighted by Crippen LogP contribution is -2.32. The van der Waals surface area contributed by atoms with Crippen LogP contribution in [0.5, 0.6) is 5.75 Å². The second-order valence-electron chi connectivity index (χ2n) is 4.43. The number of halogens is 1. The molecule has 0 atom stereocenters. The Morgan fingerprint density at radius 3 is 2.20 bits per heavy atom. The Kier molecular flexibility index (Phi) is 6.42. The van der Waals surface area contributed by atoms with Crippen molar-refractivity contribution in [1.82, 2.24) is 4.31 Å². The van der Waals surface area contributed by atoms with Crippen molar-refractivity contribution in [2.75, 3.05) is 19.7 Å². The number of ether oxygens (including phenoxy) is 1. The van der Waals surface area contributed by atoms with E-state index in [4.69, 9.17) is 4.74 Å². The van der Waals surface area contributed by atoms with Crippen LogP contribution in [0.3, 0.4) is 0 Å². The third kappa shape index (κ3) is 3.93. The fraction of sp³-hybridized carbons (Fsp3) is 0.571. The van der Waals surface area contributed by atoms with E-state index in [-0.39, 0.29) is 10.6 Å². The van der Waals surface area contributed by atoms with Crippen LogP contribution in [0, 0.1) is 5.82 Å². The Bertz CT molecular complexity index is 525. The summed E-state index contributed by atoms with van der Waals surface area (Å²) in [6.45, 7) is 6.78. The minimum Gasteiger partial charge on any atom is -0.491 e. The van der Waals surface area contributed by atoms with E-state index in [0.29, 0.717) is 19.7 Å². The van der Waals surface area contributed by atoms with Gasteiger partial charge in [-0.1, -0.05) is 13.8 Å². The highest BCUT2D eigenvalue weighted by Gasteiger charge is 2.24. The molecule has 0 radical (unpaired) electrons. The topological polar surface area (TPSA) is 46.6 Å². The maximum Gasteiger partial charge on any atom is 0.243 e. The second-order valence-corrected chi connectivity index (χ2v) is 6.37. The Hall–Kier alpha value is -1.14. The van der Waals surface area contributed by atoms with Crippen LogP contribution >= 0.6 is 0 Å². The van der Waals surface area contributed by atoms with Gasteiger partial charge in [-0.2, -0.15) is 4.31 Å². The van der Waals surface area contributed by atoms with Crippen molar-refractivity contribution in [2.24, 2.45) is 0 Å². The molecule has 114 valence electrons. The van der Waals surface area contributed by atoms with Crippen molar-refractivity contribution < 1.29 is 17.5 Å². The Morgan fingerprint density at radius 2 is 1.75 bits per heavy atom. The first-order valence-electron chi connectivity index (χ1n) is 6.89. The molecule has 0 aliphatic carbocycles. The zero-order valence-corrected chi connectivity index (χ0v) is 13.0. The van der Waals surface area contributed by atoms with Gasteiger partial charge in [0.25, 0.3) is 0 Å². The summed E-state index contributed by atoms with van der Waals surface area (Å²) in [6, 6.07) is 3.78. The van der Waals surface area contributed by atoms with E-state index in [1.165, 1.54) is 16.4 Å². The standard InChI is InChI=1S/C14H22FNO3S/c1-4-9-16(10-5-2)20(17,18)12-7-8-14(19-6-3)13(15)11-12/h7-8,11H,4-6,9-10H2,1-3H3. The number of hydrogen-bond acceptors (Lipinski definition) is 3. The summed E-state index contributed by atoms with van der Waals surface area (Å²) in [5.41, 5.74) is 0. The van der Waals surface area contributed by atoms with Crippen molar-refractivity contribution in [2.45, 2.75) is 38.5 Å². The summed E-state index contributed by atoms with van der Waals surface area (Å²) in [4.78, 5) is -0.0275. The summed E-state index contributed by atoms with van der Waals surface area (Å²) in [5, 5.41) is 0. The van der Waals surface area contributed by atoms with E-state index >= 15 is 0 Å². The molecular formula is C14H22FNO3S. The summed E-state index contributed by atoms with van der Waals surface area (Å²) in [7, 11) is -3.64. The molecule has 0 unspecified atom stereocenters. The third-order valence-corrected chi connectivity index (χ3v) is 4.68. The average molecular weight is 303 g/mol. The first-order valence-corrected chi connectivity index (χ1v) is 8.33. The predicted octanol–water partition coefficient (Wildman–Crippen LogP) is 3.04. The Balaban J connectivity index is 3.10. The molecule has 1 aromatic carbocycles. The number of hydrogen-bond donors (Lipinski definition) is 0. The van der Waals surface area contributed by atoms with E-state index < -0.39 is 15.8 Å². The maximum absolute atomic E-state index is 13.8. The Labute approximate surface area is 120 Å². The molecule has 6 heteroatoms. The van der Waals surface area contributed by atoms with Crippen LogP contribution in [0.2, 0.25) is 0 Å². The van der Waals surface area contributed by atoms with Crippen LogP contribution in [0.15, 0.2) is 23.1 Å². The predicted molar refractivity (Wildman–Crippen MR) is 76.9 cm³/mol. The molecule has 0 saturated heterocycles. The van der Waals surface area contributed by atoms with Gasteiger partial charge in [-0.25, -0.2) is 12.8 Å². The lowest BCUT2D eigenvalue weighted by molar-refractivity contribution is 0.321. The van der Waals surface area contributed by atoms with Crippen LogP contribution in [0.1, 0.15) is 33.6 Å². The van der Waals surface area contributed by atoms with Crippen LogP contribution in [-0.2, 0) is 10.0 Å². The average Bonchev–Trinajstić information content (AvgIpc) is 2.41. The molecule has 0 aliphatic heterocycles. The maximum atomic E-state index is 13.8. The van der Waals surface area contributed by atoms with Crippen molar-refractivity contribution in [1.29, 1.82) is 0 Å². The normalized spacial score (nSPS) is 11.8. The SMILES string of the molecule is CCCN(CCC)S(=O)(=O)c1ccc(OCC)c(F)c1. The largest absolute Gasteiger partial charge is 0.491 e. The highest BCUT2D eigenvalue weighted by molar-refractivity contribution is 7.89. The van der Waals surface area contributed by atoms with Crippen molar-refractivity contribution in [3.63, 3.8) is 0 Å². The van der Waals surface area contributed by atoms with Crippen LogP contribution in [0.25, 0.3) is 0 Å². The smallest absolute Gasteiger partial charge is 0.243 e. The molecule has 0 N–H and O–H groups in total. The summed E-state index contributed by atoms with van der Waals surface area (Å²) >= 11 is 0. The molecule has 0 amide bonds. The van der Waals surface area contributed by atoms with Gasteiger partial charge >= 0.3 is 0 Å². The lowest BCUT2D eigenvalue weighted by atomic mass is 10.3. The minimum absolute atomic E-state index is 0.0275. The first-order chi connectivity index (χ1) is 9.47. The molecule has 4 nitrogen and oxygen atoms in total. The summed E-state index contributed by atoms with van der Waals surface area (Å²) in [5.74, 6) is -0.579. The lowest BCUT2D eigenvalue weighted by Gasteiger charge is -2.21. The van der Waals surface area contributed by atoms with Gasteiger partial charge in [0.2, 0.25) is 10.0 Å². The monoisotopic (exact) mass is 303 g/mol. The van der Waals surface area contributed by atoms with Gasteiger partial charge in [0.05, 0.1) is 11.5 Å². The quantitative estimate of drug-likeness (QED) is 0.741. The van der Waals surface area contributed by atoms with Gasteiger partial charge in [-0.05, 0) is 38.0 Å². The molecule has 20 heavy (non-hydrogen) atoms. The molecule has 0 aliphatic rings. The van der Waals surface area contributed by atoms with Gasteiger partial charge in [-0.3, -0.25) is 0 Å². The van der Waals surface area contributed by atoms with E-state index in [2.05, 4.69) is 0 Å². The first kappa shape index (κ1) is 16.9. The van der Waals surface area contributed by atoms with Gasteiger partial charge in [0.15, 0.2) is 11.6 Å². The Morgan fingerprint density at radius 1 is 1.15 bits per heavy atom. The van der Waals surface area contributed by atoms with Gasteiger partial charge in [0.1, 0.15) is 0 Å². The van der Waals surface area contributed by atoms with Crippen LogP contribution < -0.4 is 4.74 Å². The fourth-order valence-corrected chi connectivity index (χ4v) is 3.55. The zero-order valence-electron chi connectivity index (χ0n) is 12.2. The number of nitrogens with zero attached hydrogens (tertiary/aromatic N) is 1. The number of benzene rings is 1. The summed E-state index contributed by atoms with van der Waals surface area (Å²) in [6.07, 6.45) is 1.44. The highest BCUT2D eigenvalue weighted by Crippen LogP contribution is 2.23. The van der Waals surface area contributed by atoms with Gasteiger partial charge in [0, 0.05) is 13.1 Å².